The molecule has 0 aromatic heterocycles. The molecular formula is C8H13NO3. The van der Waals surface area contributed by atoms with Crippen molar-refractivity contribution in [2.24, 2.45) is 0 Å². The summed E-state index contributed by atoms with van der Waals surface area (Å²) in [5, 5.41) is 2.35. The summed E-state index contributed by atoms with van der Waals surface area (Å²) in [6.45, 7) is 6.92. The minimum Gasteiger partial charge on any atom is -0.465 e. The fraction of sp³-hybridized carbons (Fsp3) is 0.500. The Bertz CT molecular complexity index is 198. The van der Waals surface area contributed by atoms with Gasteiger partial charge in [0, 0.05) is 5.57 Å². The molecule has 0 rings (SSSR count). The number of hydrogen-bond donors (Lipinski definition) is 1. The standard InChI is InChI=1S/C8H13NO3/c1-4-12-7(10)5-9-8(11)6(2)3/h2,4-5H2,1,3H3,(H,9,11). The lowest BCUT2D eigenvalue weighted by molar-refractivity contribution is -0.143. The highest BCUT2D eigenvalue weighted by molar-refractivity contribution is 5.94. The highest BCUT2D eigenvalue weighted by Crippen LogP contribution is 1.85. The molecule has 0 aliphatic heterocycles. The second kappa shape index (κ2) is 5.35. The molecule has 0 saturated carbocycles. The topological polar surface area (TPSA) is 55.4 Å². The van der Waals surface area contributed by atoms with Crippen LogP contribution in [0.5, 0.6) is 0 Å². The largest absolute Gasteiger partial charge is 0.465 e. The summed E-state index contributed by atoms with van der Waals surface area (Å²) < 4.78 is 4.59. The van der Waals surface area contributed by atoms with E-state index < -0.39 is 5.97 Å². The fourth-order valence-electron chi connectivity index (χ4n) is 0.515. The van der Waals surface area contributed by atoms with Gasteiger partial charge in [0.1, 0.15) is 6.54 Å². The molecule has 0 spiro atoms. The predicted octanol–water partition coefficient (Wildman–Crippen LogP) is 0.242. The zero-order valence-electron chi connectivity index (χ0n) is 7.35. The van der Waals surface area contributed by atoms with Gasteiger partial charge in [0.05, 0.1) is 6.61 Å². The molecule has 0 atom stereocenters. The van der Waals surface area contributed by atoms with Crippen molar-refractivity contribution in [3.8, 4) is 0 Å². The lowest BCUT2D eigenvalue weighted by Crippen LogP contribution is -2.30. The number of nitrogens with one attached hydrogen (secondary N) is 1. The molecule has 4 heteroatoms. The summed E-state index contributed by atoms with van der Waals surface area (Å²) in [6, 6.07) is 0. The van der Waals surface area contributed by atoms with Crippen LogP contribution in [0.4, 0.5) is 0 Å². The van der Waals surface area contributed by atoms with E-state index >= 15 is 0 Å². The number of rotatable bonds is 4. The van der Waals surface area contributed by atoms with Crippen LogP contribution in [0.2, 0.25) is 0 Å². The second-order valence-electron chi connectivity index (χ2n) is 2.27. The van der Waals surface area contributed by atoms with Crippen molar-refractivity contribution in [3.05, 3.63) is 12.2 Å². The third-order valence-corrected chi connectivity index (χ3v) is 1.09. The highest BCUT2D eigenvalue weighted by Gasteiger charge is 2.05. The fourth-order valence-corrected chi connectivity index (χ4v) is 0.515. The van der Waals surface area contributed by atoms with E-state index in [4.69, 9.17) is 0 Å². The van der Waals surface area contributed by atoms with Crippen molar-refractivity contribution in [3.63, 3.8) is 0 Å². The third kappa shape index (κ3) is 4.49. The SMILES string of the molecule is C=C(C)C(=O)NCC(=O)OCC. The van der Waals surface area contributed by atoms with Gasteiger partial charge in [-0.2, -0.15) is 0 Å². The first kappa shape index (κ1) is 10.7. The summed E-state index contributed by atoms with van der Waals surface area (Å²) >= 11 is 0. The molecule has 0 fully saturated rings. The Morgan fingerprint density at radius 2 is 2.08 bits per heavy atom. The van der Waals surface area contributed by atoms with E-state index in [-0.39, 0.29) is 12.5 Å². The van der Waals surface area contributed by atoms with Crippen molar-refractivity contribution < 1.29 is 14.3 Å². The molecule has 0 aliphatic carbocycles. The monoisotopic (exact) mass is 171 g/mol. The van der Waals surface area contributed by atoms with Crippen LogP contribution in [0.1, 0.15) is 13.8 Å². The molecule has 0 saturated heterocycles. The van der Waals surface area contributed by atoms with Gasteiger partial charge < -0.3 is 10.1 Å². The Kier molecular flexibility index (Phi) is 4.76. The third-order valence-electron chi connectivity index (χ3n) is 1.09. The average Bonchev–Trinajstić information content (AvgIpc) is 2.00. The number of hydrogen-bond acceptors (Lipinski definition) is 3. The molecule has 0 bridgehead atoms. The van der Waals surface area contributed by atoms with E-state index in [1.165, 1.54) is 0 Å². The number of esters is 1. The van der Waals surface area contributed by atoms with Crippen LogP contribution >= 0.6 is 0 Å². The molecule has 0 aromatic carbocycles. The minimum absolute atomic E-state index is 0.0977. The van der Waals surface area contributed by atoms with E-state index in [0.717, 1.165) is 0 Å². The van der Waals surface area contributed by atoms with Crippen LogP contribution in [-0.2, 0) is 14.3 Å². The summed E-state index contributed by atoms with van der Waals surface area (Å²) in [4.78, 5) is 21.5. The molecule has 1 N–H and O–H groups in total. The quantitative estimate of drug-likeness (QED) is 0.487. The molecule has 0 heterocycles. The van der Waals surface area contributed by atoms with Gasteiger partial charge in [-0.25, -0.2) is 0 Å². The van der Waals surface area contributed by atoms with Crippen LogP contribution in [0.25, 0.3) is 0 Å². The number of ether oxygens (including phenoxy) is 1. The summed E-state index contributed by atoms with van der Waals surface area (Å²) in [6.07, 6.45) is 0. The van der Waals surface area contributed by atoms with Crippen molar-refractivity contribution in [2.45, 2.75) is 13.8 Å². The van der Waals surface area contributed by atoms with E-state index in [1.54, 1.807) is 13.8 Å². The first-order chi connectivity index (χ1) is 5.57. The van der Waals surface area contributed by atoms with Gasteiger partial charge in [-0.15, -0.1) is 0 Å². The number of carbonyl (C=O) groups excluding carboxylic acids is 2. The molecule has 0 unspecified atom stereocenters. The Morgan fingerprint density at radius 3 is 2.50 bits per heavy atom. The van der Waals surface area contributed by atoms with Gasteiger partial charge in [-0.05, 0) is 13.8 Å². The molecule has 4 nitrogen and oxygen atoms in total. The normalized spacial score (nSPS) is 8.83. The molecule has 68 valence electrons. The predicted molar refractivity (Wildman–Crippen MR) is 44.5 cm³/mol. The number of amides is 1. The van der Waals surface area contributed by atoms with E-state index in [0.29, 0.717) is 12.2 Å². The Hall–Kier alpha value is -1.32. The Labute approximate surface area is 71.6 Å². The Morgan fingerprint density at radius 1 is 1.50 bits per heavy atom. The summed E-state index contributed by atoms with van der Waals surface area (Å²) in [7, 11) is 0. The van der Waals surface area contributed by atoms with E-state index in [9.17, 15) is 9.59 Å². The average molecular weight is 171 g/mol. The number of carbonyl (C=O) groups is 2. The maximum atomic E-state index is 10.8. The van der Waals surface area contributed by atoms with Gasteiger partial charge in [-0.3, -0.25) is 9.59 Å². The van der Waals surface area contributed by atoms with Gasteiger partial charge in [0.25, 0.3) is 0 Å². The van der Waals surface area contributed by atoms with Gasteiger partial charge in [-0.1, -0.05) is 6.58 Å². The van der Waals surface area contributed by atoms with Crippen molar-refractivity contribution in [1.82, 2.24) is 5.32 Å². The zero-order valence-corrected chi connectivity index (χ0v) is 7.35. The van der Waals surface area contributed by atoms with Crippen molar-refractivity contribution in [2.75, 3.05) is 13.2 Å². The van der Waals surface area contributed by atoms with Gasteiger partial charge in [0.2, 0.25) is 5.91 Å². The molecule has 0 radical (unpaired) electrons. The Balaban J connectivity index is 3.61. The molecule has 0 aromatic rings. The van der Waals surface area contributed by atoms with Crippen molar-refractivity contribution >= 4 is 11.9 Å². The lowest BCUT2D eigenvalue weighted by atomic mass is 10.3. The molecular weight excluding hydrogens is 158 g/mol. The van der Waals surface area contributed by atoms with Crippen LogP contribution in [0.15, 0.2) is 12.2 Å². The molecule has 1 amide bonds. The van der Waals surface area contributed by atoms with Crippen LogP contribution in [0, 0.1) is 0 Å². The van der Waals surface area contributed by atoms with Crippen LogP contribution < -0.4 is 5.32 Å². The second-order valence-corrected chi connectivity index (χ2v) is 2.27. The first-order valence-corrected chi connectivity index (χ1v) is 3.67. The first-order valence-electron chi connectivity index (χ1n) is 3.67. The van der Waals surface area contributed by atoms with E-state index in [1.807, 2.05) is 0 Å². The lowest BCUT2D eigenvalue weighted by Gasteiger charge is -2.03. The minimum atomic E-state index is -0.438. The van der Waals surface area contributed by atoms with Crippen LogP contribution in [-0.4, -0.2) is 25.0 Å². The molecule has 12 heavy (non-hydrogen) atoms. The smallest absolute Gasteiger partial charge is 0.325 e. The van der Waals surface area contributed by atoms with E-state index in [2.05, 4.69) is 16.6 Å². The highest BCUT2D eigenvalue weighted by atomic mass is 16.5. The van der Waals surface area contributed by atoms with Crippen molar-refractivity contribution in [1.29, 1.82) is 0 Å². The molecule has 0 aliphatic rings. The summed E-state index contributed by atoms with van der Waals surface area (Å²) in [5.74, 6) is -0.768. The van der Waals surface area contributed by atoms with Gasteiger partial charge >= 0.3 is 5.97 Å². The zero-order chi connectivity index (χ0) is 9.56. The maximum Gasteiger partial charge on any atom is 0.325 e. The summed E-state index contributed by atoms with van der Waals surface area (Å²) in [5.41, 5.74) is 0.374. The maximum absolute atomic E-state index is 10.8. The van der Waals surface area contributed by atoms with Gasteiger partial charge in [0.15, 0.2) is 0 Å². The van der Waals surface area contributed by atoms with Crippen LogP contribution in [0.3, 0.4) is 0 Å².